The normalized spacial score (nSPS) is 10.5. The van der Waals surface area contributed by atoms with Gasteiger partial charge >= 0.3 is 5.97 Å². The van der Waals surface area contributed by atoms with Crippen LogP contribution in [-0.4, -0.2) is 46.4 Å². The molecule has 0 spiro atoms. The molecule has 2 aromatic carbocycles. The van der Waals surface area contributed by atoms with E-state index in [2.05, 4.69) is 5.32 Å². The van der Waals surface area contributed by atoms with Crippen LogP contribution in [0.5, 0.6) is 17.2 Å². The van der Waals surface area contributed by atoms with Crippen molar-refractivity contribution in [3.63, 3.8) is 0 Å². The number of carbonyl (C=O) groups excluding carboxylic acids is 2. The van der Waals surface area contributed by atoms with Gasteiger partial charge in [0, 0.05) is 12.6 Å². The van der Waals surface area contributed by atoms with Gasteiger partial charge in [-0.1, -0.05) is 30.3 Å². The summed E-state index contributed by atoms with van der Waals surface area (Å²) in [5.41, 5.74) is 1.88. The zero-order chi connectivity index (χ0) is 21.8. The second-order valence-electron chi connectivity index (χ2n) is 6.34. The van der Waals surface area contributed by atoms with Gasteiger partial charge in [0.2, 0.25) is 5.75 Å². The van der Waals surface area contributed by atoms with E-state index in [9.17, 15) is 9.59 Å². The van der Waals surface area contributed by atoms with Crippen LogP contribution in [0.2, 0.25) is 0 Å². The monoisotopic (exact) mass is 413 g/mol. The molecule has 0 fully saturated rings. The second kappa shape index (κ2) is 12.2. The van der Waals surface area contributed by atoms with E-state index in [1.165, 1.54) is 33.0 Å². The summed E-state index contributed by atoms with van der Waals surface area (Å²) < 4.78 is 20.8. The Kier molecular flexibility index (Phi) is 9.24. The summed E-state index contributed by atoms with van der Waals surface area (Å²) in [6.07, 6.45) is 4.47. The maximum Gasteiger partial charge on any atom is 0.331 e. The SMILES string of the molecule is COc1cc(C=CC(=O)OCC(=O)NCCCc2ccccc2)cc(OC)c1OC. The quantitative estimate of drug-likeness (QED) is 0.346. The lowest BCUT2D eigenvalue weighted by Gasteiger charge is -2.12. The molecule has 0 heterocycles. The van der Waals surface area contributed by atoms with Gasteiger partial charge in [-0.3, -0.25) is 4.79 Å². The van der Waals surface area contributed by atoms with E-state index >= 15 is 0 Å². The topological polar surface area (TPSA) is 83.1 Å². The van der Waals surface area contributed by atoms with Crippen molar-refractivity contribution in [2.45, 2.75) is 12.8 Å². The predicted octanol–water partition coefficient (Wildman–Crippen LogP) is 3.02. The van der Waals surface area contributed by atoms with Gasteiger partial charge in [-0.15, -0.1) is 0 Å². The highest BCUT2D eigenvalue weighted by atomic mass is 16.5. The van der Waals surface area contributed by atoms with Gasteiger partial charge in [-0.25, -0.2) is 4.79 Å². The van der Waals surface area contributed by atoms with Gasteiger partial charge in [-0.2, -0.15) is 0 Å². The van der Waals surface area contributed by atoms with Gasteiger partial charge < -0.3 is 24.3 Å². The Morgan fingerprint density at radius 2 is 1.63 bits per heavy atom. The maximum absolute atomic E-state index is 11.9. The van der Waals surface area contributed by atoms with Gasteiger partial charge in [0.25, 0.3) is 5.91 Å². The minimum Gasteiger partial charge on any atom is -0.493 e. The molecule has 1 amide bonds. The van der Waals surface area contributed by atoms with Gasteiger partial charge in [0.05, 0.1) is 21.3 Å². The van der Waals surface area contributed by atoms with Crippen LogP contribution < -0.4 is 19.5 Å². The lowest BCUT2D eigenvalue weighted by atomic mass is 10.1. The fourth-order valence-electron chi connectivity index (χ4n) is 2.76. The summed E-state index contributed by atoms with van der Waals surface area (Å²) in [6, 6.07) is 13.4. The highest BCUT2D eigenvalue weighted by molar-refractivity contribution is 5.89. The molecule has 0 bridgehead atoms. The van der Waals surface area contributed by atoms with Crippen molar-refractivity contribution in [3.05, 3.63) is 59.7 Å². The molecule has 7 nitrogen and oxygen atoms in total. The van der Waals surface area contributed by atoms with Crippen molar-refractivity contribution in [3.8, 4) is 17.2 Å². The molecule has 0 aliphatic rings. The van der Waals surface area contributed by atoms with Crippen LogP contribution in [0.25, 0.3) is 6.08 Å². The summed E-state index contributed by atoms with van der Waals surface area (Å²) in [7, 11) is 4.54. The van der Waals surface area contributed by atoms with Crippen LogP contribution in [0.15, 0.2) is 48.5 Å². The average molecular weight is 413 g/mol. The van der Waals surface area contributed by atoms with Crippen LogP contribution in [0.1, 0.15) is 17.5 Å². The molecular weight excluding hydrogens is 386 g/mol. The molecule has 0 unspecified atom stereocenters. The number of ether oxygens (including phenoxy) is 4. The Balaban J connectivity index is 1.77. The van der Waals surface area contributed by atoms with Crippen molar-refractivity contribution in [1.82, 2.24) is 5.32 Å². The molecule has 2 rings (SSSR count). The molecule has 0 aliphatic heterocycles. The first-order chi connectivity index (χ1) is 14.6. The molecule has 160 valence electrons. The number of aryl methyl sites for hydroxylation is 1. The Morgan fingerprint density at radius 1 is 0.967 bits per heavy atom. The molecule has 0 saturated carbocycles. The van der Waals surface area contributed by atoms with Gasteiger partial charge in [0.1, 0.15) is 0 Å². The number of amides is 1. The van der Waals surface area contributed by atoms with Crippen molar-refractivity contribution < 1.29 is 28.5 Å². The largest absolute Gasteiger partial charge is 0.493 e. The van der Waals surface area contributed by atoms with Crippen molar-refractivity contribution in [2.24, 2.45) is 0 Å². The smallest absolute Gasteiger partial charge is 0.331 e. The summed E-state index contributed by atoms with van der Waals surface area (Å²) in [5.74, 6) is 0.448. The Labute approximate surface area is 176 Å². The number of rotatable bonds is 11. The van der Waals surface area contributed by atoms with E-state index in [4.69, 9.17) is 18.9 Å². The predicted molar refractivity (Wildman–Crippen MR) is 114 cm³/mol. The summed E-state index contributed by atoms with van der Waals surface area (Å²) in [5, 5.41) is 2.74. The van der Waals surface area contributed by atoms with Crippen LogP contribution in [0.3, 0.4) is 0 Å². The van der Waals surface area contributed by atoms with Crippen molar-refractivity contribution in [2.75, 3.05) is 34.5 Å². The number of methoxy groups -OCH3 is 3. The average Bonchev–Trinajstić information content (AvgIpc) is 2.78. The number of hydrogen-bond donors (Lipinski definition) is 1. The lowest BCUT2D eigenvalue weighted by molar-refractivity contribution is -0.143. The molecule has 0 aromatic heterocycles. The fourth-order valence-corrected chi connectivity index (χ4v) is 2.76. The van der Waals surface area contributed by atoms with Crippen molar-refractivity contribution in [1.29, 1.82) is 0 Å². The molecule has 0 saturated heterocycles. The highest BCUT2D eigenvalue weighted by Crippen LogP contribution is 2.38. The van der Waals surface area contributed by atoms with Crippen molar-refractivity contribution >= 4 is 18.0 Å². The fraction of sp³-hybridized carbons (Fsp3) is 0.304. The van der Waals surface area contributed by atoms with E-state index in [1.807, 2.05) is 30.3 Å². The summed E-state index contributed by atoms with van der Waals surface area (Å²) >= 11 is 0. The molecule has 1 N–H and O–H groups in total. The first-order valence-corrected chi connectivity index (χ1v) is 9.52. The number of carbonyl (C=O) groups is 2. The first-order valence-electron chi connectivity index (χ1n) is 9.52. The van der Waals surface area contributed by atoms with E-state index in [0.717, 1.165) is 12.8 Å². The number of hydrogen-bond acceptors (Lipinski definition) is 6. The zero-order valence-corrected chi connectivity index (χ0v) is 17.5. The van der Waals surface area contributed by atoms with Crippen LogP contribution in [-0.2, 0) is 20.7 Å². The van der Waals surface area contributed by atoms with Crippen LogP contribution in [0, 0.1) is 0 Å². The Bertz CT molecular complexity index is 838. The molecule has 30 heavy (non-hydrogen) atoms. The molecule has 0 radical (unpaired) electrons. The summed E-state index contributed by atoms with van der Waals surface area (Å²) in [4.78, 5) is 23.7. The summed E-state index contributed by atoms with van der Waals surface area (Å²) in [6.45, 7) is 0.191. The highest BCUT2D eigenvalue weighted by Gasteiger charge is 2.12. The standard InChI is InChI=1S/C23H27NO6/c1-27-19-14-18(15-20(28-2)23(19)29-3)11-12-22(26)30-16-21(25)24-13-7-10-17-8-5-4-6-9-17/h4-6,8-9,11-12,14-15H,7,10,13,16H2,1-3H3,(H,24,25). The third-order valence-corrected chi connectivity index (χ3v) is 4.25. The third-order valence-electron chi connectivity index (χ3n) is 4.25. The lowest BCUT2D eigenvalue weighted by Crippen LogP contribution is -2.29. The zero-order valence-electron chi connectivity index (χ0n) is 17.5. The van der Waals surface area contributed by atoms with Crippen LogP contribution in [0.4, 0.5) is 0 Å². The molecule has 0 atom stereocenters. The maximum atomic E-state index is 11.9. The molecule has 7 heteroatoms. The Morgan fingerprint density at radius 3 is 2.23 bits per heavy atom. The minimum absolute atomic E-state index is 0.330. The first kappa shape index (κ1) is 22.8. The van der Waals surface area contributed by atoms with E-state index in [1.54, 1.807) is 18.2 Å². The van der Waals surface area contributed by atoms with Crippen LogP contribution >= 0.6 is 0 Å². The van der Waals surface area contributed by atoms with Gasteiger partial charge in [0.15, 0.2) is 18.1 Å². The number of benzene rings is 2. The Hall–Kier alpha value is -3.48. The minimum atomic E-state index is -0.622. The third kappa shape index (κ3) is 7.16. The van der Waals surface area contributed by atoms with E-state index < -0.39 is 5.97 Å². The molecule has 2 aromatic rings. The van der Waals surface area contributed by atoms with E-state index in [0.29, 0.717) is 29.4 Å². The number of esters is 1. The number of nitrogens with one attached hydrogen (secondary N) is 1. The second-order valence-corrected chi connectivity index (χ2v) is 6.34. The molecular formula is C23H27NO6. The molecule has 0 aliphatic carbocycles. The van der Waals surface area contributed by atoms with E-state index in [-0.39, 0.29) is 12.5 Å². The van der Waals surface area contributed by atoms with Gasteiger partial charge in [-0.05, 0) is 42.2 Å².